The highest BCUT2D eigenvalue weighted by molar-refractivity contribution is 5.77. The van der Waals surface area contributed by atoms with E-state index in [0.29, 0.717) is 38.6 Å². The van der Waals surface area contributed by atoms with Crippen molar-refractivity contribution >= 4 is 11.8 Å². The molecule has 152 valence electrons. The van der Waals surface area contributed by atoms with Crippen molar-refractivity contribution < 1.29 is 14.1 Å². The Bertz CT molecular complexity index is 794. The van der Waals surface area contributed by atoms with Crippen LogP contribution in [0.1, 0.15) is 38.3 Å². The molecule has 0 bridgehead atoms. The van der Waals surface area contributed by atoms with Gasteiger partial charge in [-0.05, 0) is 18.9 Å². The molecule has 2 aromatic rings. The van der Waals surface area contributed by atoms with Crippen LogP contribution in [-0.4, -0.2) is 48.8 Å². The highest BCUT2D eigenvalue weighted by Crippen LogP contribution is 2.33. The van der Waals surface area contributed by atoms with Crippen LogP contribution in [0.25, 0.3) is 11.3 Å². The zero-order valence-corrected chi connectivity index (χ0v) is 17.4. The van der Waals surface area contributed by atoms with Crippen LogP contribution < -0.4 is 4.90 Å². The number of carbonyl (C=O) groups is 1. The van der Waals surface area contributed by atoms with Gasteiger partial charge in [-0.25, -0.2) is 0 Å². The van der Waals surface area contributed by atoms with Crippen LogP contribution in [-0.2, 0) is 16.1 Å². The maximum Gasteiger partial charge on any atom is 0.233 e. The molecule has 0 saturated carbocycles. The number of hydrogen-bond acceptors (Lipinski definition) is 5. The largest absolute Gasteiger partial charge is 0.378 e. The van der Waals surface area contributed by atoms with Crippen molar-refractivity contribution in [3.8, 4) is 11.3 Å². The SMILES string of the molecule is CCC(=O)N(Cc1c(-c2cccc(C)c2)noc1N1CCOCC1)CC(C)C. The van der Waals surface area contributed by atoms with E-state index in [9.17, 15) is 4.79 Å². The summed E-state index contributed by atoms with van der Waals surface area (Å²) in [6, 6.07) is 8.25. The highest BCUT2D eigenvalue weighted by atomic mass is 16.5. The van der Waals surface area contributed by atoms with Crippen molar-refractivity contribution in [3.05, 3.63) is 35.4 Å². The standard InChI is InChI=1S/C22H31N3O3/c1-5-20(26)25(14-16(2)3)15-19-21(18-8-6-7-17(4)13-18)23-28-22(19)24-9-11-27-12-10-24/h6-8,13,16H,5,9-12,14-15H2,1-4H3. The molecule has 0 N–H and O–H groups in total. The van der Waals surface area contributed by atoms with Gasteiger partial charge in [-0.1, -0.05) is 49.7 Å². The summed E-state index contributed by atoms with van der Waals surface area (Å²) in [4.78, 5) is 16.7. The number of ether oxygens (including phenoxy) is 1. The first-order chi connectivity index (χ1) is 13.5. The molecule has 28 heavy (non-hydrogen) atoms. The van der Waals surface area contributed by atoms with E-state index in [2.05, 4.69) is 43.0 Å². The third-order valence-electron chi connectivity index (χ3n) is 4.95. The second-order valence-electron chi connectivity index (χ2n) is 7.81. The van der Waals surface area contributed by atoms with Gasteiger partial charge < -0.3 is 19.1 Å². The third-order valence-corrected chi connectivity index (χ3v) is 4.95. The average molecular weight is 386 g/mol. The van der Waals surface area contributed by atoms with Crippen molar-refractivity contribution in [3.63, 3.8) is 0 Å². The molecule has 0 unspecified atom stereocenters. The van der Waals surface area contributed by atoms with E-state index >= 15 is 0 Å². The maximum absolute atomic E-state index is 12.6. The summed E-state index contributed by atoms with van der Waals surface area (Å²) < 4.78 is 11.3. The molecule has 6 nitrogen and oxygen atoms in total. The molecule has 2 heterocycles. The molecule has 0 spiro atoms. The van der Waals surface area contributed by atoms with Crippen LogP contribution in [0, 0.1) is 12.8 Å². The topological polar surface area (TPSA) is 58.8 Å². The maximum atomic E-state index is 12.6. The van der Waals surface area contributed by atoms with Gasteiger partial charge in [-0.2, -0.15) is 0 Å². The number of benzene rings is 1. The molecule has 3 rings (SSSR count). The van der Waals surface area contributed by atoms with E-state index < -0.39 is 0 Å². The molecule has 0 radical (unpaired) electrons. The van der Waals surface area contributed by atoms with Gasteiger partial charge in [0.25, 0.3) is 0 Å². The van der Waals surface area contributed by atoms with Crippen LogP contribution in [0.15, 0.2) is 28.8 Å². The number of carbonyl (C=O) groups excluding carboxylic acids is 1. The first kappa shape index (κ1) is 20.4. The summed E-state index contributed by atoms with van der Waals surface area (Å²) in [5.74, 6) is 1.31. The van der Waals surface area contributed by atoms with Gasteiger partial charge in [0.1, 0.15) is 5.69 Å². The van der Waals surface area contributed by atoms with Crippen molar-refractivity contribution in [1.29, 1.82) is 0 Å². The van der Waals surface area contributed by atoms with E-state index in [-0.39, 0.29) is 5.91 Å². The van der Waals surface area contributed by atoms with Gasteiger partial charge in [0.05, 0.1) is 25.3 Å². The second kappa shape index (κ2) is 9.24. The Labute approximate surface area is 167 Å². The third kappa shape index (κ3) is 4.73. The number of nitrogens with zero attached hydrogens (tertiary/aromatic N) is 3. The van der Waals surface area contributed by atoms with Crippen LogP contribution in [0.4, 0.5) is 5.88 Å². The number of amides is 1. The lowest BCUT2D eigenvalue weighted by atomic mass is 10.0. The Morgan fingerprint density at radius 2 is 2.04 bits per heavy atom. The fourth-order valence-corrected chi connectivity index (χ4v) is 3.59. The summed E-state index contributed by atoms with van der Waals surface area (Å²) in [6.07, 6.45) is 0.491. The molecule has 1 aliphatic rings. The quantitative estimate of drug-likeness (QED) is 0.724. The van der Waals surface area contributed by atoms with E-state index in [1.165, 1.54) is 5.56 Å². The molecular formula is C22H31N3O3. The molecule has 1 aliphatic heterocycles. The number of rotatable bonds is 7. The van der Waals surface area contributed by atoms with Gasteiger partial charge in [0.2, 0.25) is 11.8 Å². The number of anilines is 1. The van der Waals surface area contributed by atoms with Crippen LogP contribution in [0.2, 0.25) is 0 Å². The lowest BCUT2D eigenvalue weighted by Gasteiger charge is -2.29. The van der Waals surface area contributed by atoms with Crippen LogP contribution in [0.5, 0.6) is 0 Å². The molecule has 1 aromatic heterocycles. The lowest BCUT2D eigenvalue weighted by molar-refractivity contribution is -0.132. The fourth-order valence-electron chi connectivity index (χ4n) is 3.59. The van der Waals surface area contributed by atoms with E-state index in [0.717, 1.165) is 35.8 Å². The fraction of sp³-hybridized carbons (Fsp3) is 0.545. The van der Waals surface area contributed by atoms with Gasteiger partial charge in [-0.15, -0.1) is 0 Å². The van der Waals surface area contributed by atoms with Crippen LogP contribution >= 0.6 is 0 Å². The molecule has 0 aliphatic carbocycles. The minimum absolute atomic E-state index is 0.151. The van der Waals surface area contributed by atoms with Gasteiger partial charge in [-0.3, -0.25) is 4.79 Å². The first-order valence-electron chi connectivity index (χ1n) is 10.2. The van der Waals surface area contributed by atoms with Gasteiger partial charge in [0.15, 0.2) is 0 Å². The Morgan fingerprint density at radius 1 is 1.29 bits per heavy atom. The number of aryl methyl sites for hydroxylation is 1. The van der Waals surface area contributed by atoms with Gasteiger partial charge >= 0.3 is 0 Å². The summed E-state index contributed by atoms with van der Waals surface area (Å²) in [5.41, 5.74) is 3.99. The minimum Gasteiger partial charge on any atom is -0.378 e. The van der Waals surface area contributed by atoms with Crippen molar-refractivity contribution in [2.45, 2.75) is 40.7 Å². The molecular weight excluding hydrogens is 354 g/mol. The molecule has 1 amide bonds. The van der Waals surface area contributed by atoms with Crippen molar-refractivity contribution in [2.24, 2.45) is 5.92 Å². The van der Waals surface area contributed by atoms with Crippen molar-refractivity contribution in [2.75, 3.05) is 37.7 Å². The second-order valence-corrected chi connectivity index (χ2v) is 7.81. The summed E-state index contributed by atoms with van der Waals surface area (Å²) in [6.45, 7) is 12.3. The minimum atomic E-state index is 0.151. The van der Waals surface area contributed by atoms with E-state index in [1.807, 2.05) is 24.0 Å². The van der Waals surface area contributed by atoms with E-state index in [4.69, 9.17) is 9.26 Å². The lowest BCUT2D eigenvalue weighted by Crippen LogP contribution is -2.38. The highest BCUT2D eigenvalue weighted by Gasteiger charge is 2.27. The summed E-state index contributed by atoms with van der Waals surface area (Å²) >= 11 is 0. The Hall–Kier alpha value is -2.34. The van der Waals surface area contributed by atoms with Crippen molar-refractivity contribution in [1.82, 2.24) is 10.1 Å². The Morgan fingerprint density at radius 3 is 2.68 bits per heavy atom. The zero-order valence-electron chi connectivity index (χ0n) is 17.4. The molecule has 1 aromatic carbocycles. The van der Waals surface area contributed by atoms with Crippen LogP contribution in [0.3, 0.4) is 0 Å². The molecule has 0 atom stereocenters. The summed E-state index contributed by atoms with van der Waals surface area (Å²) in [5, 5.41) is 4.42. The van der Waals surface area contributed by atoms with E-state index in [1.54, 1.807) is 0 Å². The van der Waals surface area contributed by atoms with Gasteiger partial charge in [0, 0.05) is 31.6 Å². The molecule has 1 fully saturated rings. The Balaban J connectivity index is 2.01. The average Bonchev–Trinajstić information content (AvgIpc) is 3.10. The molecule has 1 saturated heterocycles. The zero-order chi connectivity index (χ0) is 20.1. The number of hydrogen-bond donors (Lipinski definition) is 0. The number of morpholine rings is 1. The predicted molar refractivity (Wildman–Crippen MR) is 110 cm³/mol. The molecule has 6 heteroatoms. The Kier molecular flexibility index (Phi) is 6.73. The predicted octanol–water partition coefficient (Wildman–Crippen LogP) is 3.88. The first-order valence-corrected chi connectivity index (χ1v) is 10.2. The normalized spacial score (nSPS) is 14.5. The summed E-state index contributed by atoms with van der Waals surface area (Å²) in [7, 11) is 0. The smallest absolute Gasteiger partial charge is 0.233 e. The monoisotopic (exact) mass is 385 g/mol. The number of aromatic nitrogens is 1.